The van der Waals surface area contributed by atoms with Crippen LogP contribution in [0.1, 0.15) is 142 Å². The first kappa shape index (κ1) is 50.6. The number of aliphatic hydroxyl groups is 8. The Kier molecular flexibility index (Phi) is 27.6. The first-order valence-electron chi connectivity index (χ1n) is 21.6. The Hall–Kier alpha value is -1.53. The molecule has 14 nitrogen and oxygen atoms in total. The Morgan fingerprint density at radius 3 is 1.73 bits per heavy atom. The zero-order valence-corrected chi connectivity index (χ0v) is 34.1. The van der Waals surface area contributed by atoms with E-state index in [2.05, 4.69) is 24.4 Å². The third-order valence-corrected chi connectivity index (χ3v) is 10.6. The molecule has 2 aliphatic heterocycles. The summed E-state index contributed by atoms with van der Waals surface area (Å²) in [5, 5.41) is 85.6. The number of carbonyl (C=O) groups is 1. The maximum absolute atomic E-state index is 12.9. The monoisotopic (exact) mass is 804 g/mol. The lowest BCUT2D eigenvalue weighted by molar-refractivity contribution is -0.359. The fraction of sp³-hybridized carbons (Fsp3) is 0.881. The minimum atomic E-state index is -1.78. The van der Waals surface area contributed by atoms with E-state index in [9.17, 15) is 45.6 Å². The van der Waals surface area contributed by atoms with Crippen molar-refractivity contribution in [1.82, 2.24) is 5.32 Å². The summed E-state index contributed by atoms with van der Waals surface area (Å²) in [6, 6.07) is -0.907. The van der Waals surface area contributed by atoms with E-state index in [0.29, 0.717) is 6.42 Å². The van der Waals surface area contributed by atoms with Crippen LogP contribution in [0.2, 0.25) is 0 Å². The smallest absolute Gasteiger partial charge is 0.220 e. The molecular formula is C42H77NO13. The summed E-state index contributed by atoms with van der Waals surface area (Å²) in [6.07, 6.45) is 13.4. The highest BCUT2D eigenvalue weighted by Gasteiger charge is 2.50. The van der Waals surface area contributed by atoms with Crippen molar-refractivity contribution in [2.45, 2.75) is 216 Å². The molecule has 0 spiro atoms. The van der Waals surface area contributed by atoms with Crippen LogP contribution in [-0.4, -0.2) is 140 Å². The summed E-state index contributed by atoms with van der Waals surface area (Å²) < 4.78 is 22.4. The van der Waals surface area contributed by atoms with E-state index in [4.69, 9.17) is 18.9 Å². The van der Waals surface area contributed by atoms with Crippen LogP contribution in [0.3, 0.4) is 0 Å². The van der Waals surface area contributed by atoms with Gasteiger partial charge in [0.05, 0.1) is 32.0 Å². The molecule has 12 atom stereocenters. The number of hydrogen-bond donors (Lipinski definition) is 9. The van der Waals surface area contributed by atoms with E-state index < -0.39 is 86.8 Å². The third kappa shape index (κ3) is 19.0. The number of nitrogens with one attached hydrogen (secondary N) is 1. The molecule has 0 aromatic rings. The summed E-state index contributed by atoms with van der Waals surface area (Å²) in [4.78, 5) is 12.9. The van der Waals surface area contributed by atoms with Gasteiger partial charge in [-0.2, -0.15) is 0 Å². The molecule has 2 rings (SSSR count). The molecule has 14 heteroatoms. The van der Waals surface area contributed by atoms with Crippen molar-refractivity contribution in [1.29, 1.82) is 0 Å². The zero-order valence-electron chi connectivity index (χ0n) is 34.1. The molecule has 2 heterocycles. The fourth-order valence-electron chi connectivity index (χ4n) is 7.00. The van der Waals surface area contributed by atoms with Crippen LogP contribution in [-0.2, 0) is 23.7 Å². The lowest BCUT2D eigenvalue weighted by atomic mass is 9.97. The number of aliphatic hydroxyl groups excluding tert-OH is 8. The summed E-state index contributed by atoms with van der Waals surface area (Å²) in [7, 11) is 0. The maximum Gasteiger partial charge on any atom is 0.220 e. The van der Waals surface area contributed by atoms with Crippen molar-refractivity contribution in [3.05, 3.63) is 24.3 Å². The highest BCUT2D eigenvalue weighted by Crippen LogP contribution is 2.30. The number of amides is 1. The number of carbonyl (C=O) groups excluding carboxylic acids is 1. The van der Waals surface area contributed by atoms with E-state index in [1.807, 2.05) is 6.92 Å². The average Bonchev–Trinajstić information content (AvgIpc) is 3.19. The molecule has 2 aliphatic rings. The topological polar surface area (TPSA) is 228 Å². The molecule has 0 aromatic carbocycles. The molecule has 1 amide bonds. The van der Waals surface area contributed by atoms with Gasteiger partial charge < -0.3 is 65.1 Å². The third-order valence-electron chi connectivity index (χ3n) is 10.6. The van der Waals surface area contributed by atoms with E-state index in [-0.39, 0.29) is 18.9 Å². The van der Waals surface area contributed by atoms with Gasteiger partial charge in [0.15, 0.2) is 12.6 Å². The summed E-state index contributed by atoms with van der Waals surface area (Å²) in [5.74, 6) is -0.256. The predicted molar refractivity (Wildman–Crippen MR) is 212 cm³/mol. The molecule has 328 valence electrons. The van der Waals surface area contributed by atoms with Gasteiger partial charge in [0, 0.05) is 6.42 Å². The molecular weight excluding hydrogens is 726 g/mol. The van der Waals surface area contributed by atoms with Crippen LogP contribution in [0.4, 0.5) is 0 Å². The van der Waals surface area contributed by atoms with Crippen molar-refractivity contribution < 1.29 is 64.6 Å². The standard InChI is InChI=1S/C42H77NO13/c1-3-5-7-8-9-10-11-12-13-14-15-16-17-18-19-20-21-22-24-26-34(47)43-30(31(46)25-23-6-4-2)29-53-41-39(52)37(50)40(33(28-45)55-41)56-42-38(51)36(49)35(48)32(27-44)54-42/h12-13,23,25,30-33,35-42,44-46,48-52H,3-11,14-22,24,26-29H2,1-2H3,(H,43,47)/b13-12-,25-23+. The second-order valence-corrected chi connectivity index (χ2v) is 15.5. The summed E-state index contributed by atoms with van der Waals surface area (Å²) >= 11 is 0. The van der Waals surface area contributed by atoms with Crippen LogP contribution in [0.25, 0.3) is 0 Å². The van der Waals surface area contributed by atoms with Crippen LogP contribution >= 0.6 is 0 Å². The number of hydrogen-bond acceptors (Lipinski definition) is 13. The van der Waals surface area contributed by atoms with Crippen molar-refractivity contribution in [2.24, 2.45) is 0 Å². The van der Waals surface area contributed by atoms with E-state index in [1.54, 1.807) is 12.2 Å². The minimum absolute atomic E-state index is 0.256. The lowest BCUT2D eigenvalue weighted by Gasteiger charge is -2.46. The largest absolute Gasteiger partial charge is 0.394 e. The van der Waals surface area contributed by atoms with Crippen LogP contribution in [0.5, 0.6) is 0 Å². The maximum atomic E-state index is 12.9. The van der Waals surface area contributed by atoms with Crippen LogP contribution in [0, 0.1) is 0 Å². The van der Waals surface area contributed by atoms with Gasteiger partial charge in [-0.3, -0.25) is 4.79 Å². The highest BCUT2D eigenvalue weighted by atomic mass is 16.7. The molecule has 0 saturated carbocycles. The molecule has 12 unspecified atom stereocenters. The van der Waals surface area contributed by atoms with Crippen LogP contribution < -0.4 is 5.32 Å². The normalized spacial score (nSPS) is 29.6. The average molecular weight is 804 g/mol. The Morgan fingerprint density at radius 1 is 0.625 bits per heavy atom. The van der Waals surface area contributed by atoms with E-state index in [0.717, 1.165) is 32.1 Å². The Balaban J connectivity index is 1.73. The molecule has 2 saturated heterocycles. The van der Waals surface area contributed by atoms with Gasteiger partial charge in [0.1, 0.15) is 48.8 Å². The van der Waals surface area contributed by atoms with Crippen molar-refractivity contribution in [2.75, 3.05) is 19.8 Å². The fourth-order valence-corrected chi connectivity index (χ4v) is 7.00. The Bertz CT molecular complexity index is 1050. The second kappa shape index (κ2) is 30.5. The van der Waals surface area contributed by atoms with Gasteiger partial charge in [-0.25, -0.2) is 0 Å². The second-order valence-electron chi connectivity index (χ2n) is 15.5. The van der Waals surface area contributed by atoms with E-state index in [1.165, 1.54) is 83.5 Å². The van der Waals surface area contributed by atoms with Gasteiger partial charge >= 0.3 is 0 Å². The highest BCUT2D eigenvalue weighted by molar-refractivity contribution is 5.76. The SMILES string of the molecule is CCC/C=C/C(O)C(COC1OC(CO)C(OC2OC(CO)C(O)C(O)C2O)C(O)C1O)NC(=O)CCCCCCCCCCC/C=C\CCCCCCCC. The number of allylic oxidation sites excluding steroid dienone is 3. The first-order valence-corrected chi connectivity index (χ1v) is 21.6. The zero-order chi connectivity index (χ0) is 41.1. The summed E-state index contributed by atoms with van der Waals surface area (Å²) in [6.45, 7) is 2.53. The molecule has 0 aromatic heterocycles. The van der Waals surface area contributed by atoms with Crippen LogP contribution in [0.15, 0.2) is 24.3 Å². The Morgan fingerprint density at radius 2 is 1.16 bits per heavy atom. The number of ether oxygens (including phenoxy) is 4. The predicted octanol–water partition coefficient (Wildman–Crippen LogP) is 3.43. The quantitative estimate of drug-likeness (QED) is 0.0362. The van der Waals surface area contributed by atoms with Gasteiger partial charge in [-0.15, -0.1) is 0 Å². The molecule has 0 aliphatic carbocycles. The number of rotatable bonds is 31. The molecule has 2 fully saturated rings. The molecule has 0 radical (unpaired) electrons. The van der Waals surface area contributed by atoms with Crippen molar-refractivity contribution in [3.8, 4) is 0 Å². The van der Waals surface area contributed by atoms with Gasteiger partial charge in [0.2, 0.25) is 5.91 Å². The van der Waals surface area contributed by atoms with Crippen molar-refractivity contribution in [3.63, 3.8) is 0 Å². The Labute approximate surface area is 335 Å². The molecule has 56 heavy (non-hydrogen) atoms. The van der Waals surface area contributed by atoms with Crippen molar-refractivity contribution >= 4 is 5.91 Å². The van der Waals surface area contributed by atoms with Gasteiger partial charge in [-0.05, 0) is 38.5 Å². The number of unbranched alkanes of at least 4 members (excludes halogenated alkanes) is 16. The molecule has 0 bridgehead atoms. The van der Waals surface area contributed by atoms with Gasteiger partial charge in [0.25, 0.3) is 0 Å². The van der Waals surface area contributed by atoms with E-state index >= 15 is 0 Å². The molecule has 9 N–H and O–H groups in total. The van der Waals surface area contributed by atoms with Gasteiger partial charge in [-0.1, -0.05) is 122 Å². The first-order chi connectivity index (χ1) is 27.1. The summed E-state index contributed by atoms with van der Waals surface area (Å²) in [5.41, 5.74) is 0. The minimum Gasteiger partial charge on any atom is -0.394 e. The lowest BCUT2D eigenvalue weighted by Crippen LogP contribution is -2.65.